The second-order valence-electron chi connectivity index (χ2n) is 4.60. The zero-order chi connectivity index (χ0) is 14.6. The molecule has 0 atom stereocenters. The normalized spacial score (nSPS) is 10.6. The van der Waals surface area contributed by atoms with E-state index in [1.54, 1.807) is 17.9 Å². The van der Waals surface area contributed by atoms with E-state index in [0.717, 1.165) is 0 Å². The van der Waals surface area contributed by atoms with Crippen LogP contribution in [0.4, 0.5) is 5.69 Å². The van der Waals surface area contributed by atoms with Gasteiger partial charge >= 0.3 is 0 Å². The van der Waals surface area contributed by atoms with Gasteiger partial charge in [-0.3, -0.25) is 14.9 Å². The van der Waals surface area contributed by atoms with Gasteiger partial charge in [-0.2, -0.15) is 0 Å². The first kappa shape index (κ1) is 15.4. The molecule has 0 heterocycles. The van der Waals surface area contributed by atoms with Gasteiger partial charge in [0.15, 0.2) is 0 Å². The van der Waals surface area contributed by atoms with Gasteiger partial charge < -0.3 is 4.90 Å². The Bertz CT molecular complexity index is 489. The van der Waals surface area contributed by atoms with Crippen molar-refractivity contribution >= 4 is 23.2 Å². The maximum absolute atomic E-state index is 12.3. The molecule has 0 aliphatic rings. The Morgan fingerprint density at radius 2 is 2.05 bits per heavy atom. The van der Waals surface area contributed by atoms with E-state index in [2.05, 4.69) is 0 Å². The summed E-state index contributed by atoms with van der Waals surface area (Å²) in [5.74, 6) is 0.0973. The van der Waals surface area contributed by atoms with Gasteiger partial charge in [0.1, 0.15) is 0 Å². The molecular formula is C13H17ClN2O3. The number of benzene rings is 1. The van der Waals surface area contributed by atoms with Crippen LogP contribution in [0.25, 0.3) is 0 Å². The minimum Gasteiger partial charge on any atom is -0.335 e. The molecule has 0 unspecified atom stereocenters. The maximum atomic E-state index is 12.3. The number of amides is 1. The fourth-order valence-electron chi connectivity index (χ4n) is 1.84. The molecule has 0 radical (unpaired) electrons. The number of carbonyl (C=O) groups is 1. The number of rotatable bonds is 5. The predicted octanol–water partition coefficient (Wildman–Crippen LogP) is 2.99. The molecule has 5 nitrogen and oxygen atoms in total. The molecule has 0 saturated heterocycles. The minimum atomic E-state index is -0.495. The van der Waals surface area contributed by atoms with Crippen LogP contribution in [0.15, 0.2) is 18.2 Å². The zero-order valence-electron chi connectivity index (χ0n) is 11.2. The Labute approximate surface area is 117 Å². The summed E-state index contributed by atoms with van der Waals surface area (Å²) in [6.07, 6.45) is 0. The molecule has 0 N–H and O–H groups in total. The van der Waals surface area contributed by atoms with Crippen molar-refractivity contribution in [3.8, 4) is 0 Å². The van der Waals surface area contributed by atoms with E-state index in [9.17, 15) is 14.9 Å². The minimum absolute atomic E-state index is 0.00850. The molecule has 104 valence electrons. The van der Waals surface area contributed by atoms with E-state index in [0.29, 0.717) is 23.6 Å². The number of hydrogen-bond donors (Lipinski definition) is 0. The topological polar surface area (TPSA) is 63.5 Å². The third-order valence-electron chi connectivity index (χ3n) is 2.73. The van der Waals surface area contributed by atoms with Crippen molar-refractivity contribution < 1.29 is 9.72 Å². The first-order valence-corrected chi connectivity index (χ1v) is 6.53. The van der Waals surface area contributed by atoms with E-state index in [1.807, 2.05) is 13.8 Å². The lowest BCUT2D eigenvalue weighted by molar-refractivity contribution is -0.384. The second kappa shape index (κ2) is 6.52. The molecule has 1 aromatic carbocycles. The molecule has 0 spiro atoms. The lowest BCUT2D eigenvalue weighted by Gasteiger charge is -2.26. The van der Waals surface area contributed by atoms with E-state index in [1.165, 1.54) is 12.1 Å². The number of carbonyl (C=O) groups excluding carboxylic acids is 1. The van der Waals surface area contributed by atoms with Crippen LogP contribution >= 0.6 is 11.6 Å². The van der Waals surface area contributed by atoms with Gasteiger partial charge in [0.05, 0.1) is 4.92 Å². The fraction of sp³-hybridized carbons (Fsp3) is 0.462. The highest BCUT2D eigenvalue weighted by Crippen LogP contribution is 2.19. The molecule has 19 heavy (non-hydrogen) atoms. The van der Waals surface area contributed by atoms with E-state index in [4.69, 9.17) is 11.6 Å². The van der Waals surface area contributed by atoms with Crippen molar-refractivity contribution in [3.05, 3.63) is 39.4 Å². The smallest absolute Gasteiger partial charge is 0.270 e. The van der Waals surface area contributed by atoms with Crippen molar-refractivity contribution in [2.75, 3.05) is 12.4 Å². The van der Waals surface area contributed by atoms with Crippen molar-refractivity contribution in [3.63, 3.8) is 0 Å². The van der Waals surface area contributed by atoms with Crippen LogP contribution in [0.5, 0.6) is 0 Å². The van der Waals surface area contributed by atoms with Crippen LogP contribution in [0.3, 0.4) is 0 Å². The van der Waals surface area contributed by atoms with E-state index >= 15 is 0 Å². The lowest BCUT2D eigenvalue weighted by atomic mass is 10.1. The number of nitro groups is 1. The number of halogens is 1. The molecule has 0 aliphatic carbocycles. The first-order valence-electron chi connectivity index (χ1n) is 5.99. The monoisotopic (exact) mass is 284 g/mol. The average Bonchev–Trinajstić information content (AvgIpc) is 2.33. The van der Waals surface area contributed by atoms with E-state index in [-0.39, 0.29) is 17.6 Å². The summed E-state index contributed by atoms with van der Waals surface area (Å²) in [5, 5.41) is 10.8. The van der Waals surface area contributed by atoms with Crippen LogP contribution < -0.4 is 0 Å². The van der Waals surface area contributed by atoms with Crippen LogP contribution in [-0.2, 0) is 0 Å². The molecule has 0 fully saturated rings. The molecule has 6 heteroatoms. The van der Waals surface area contributed by atoms with Gasteiger partial charge in [0, 0.05) is 36.2 Å². The molecule has 1 rings (SSSR count). The Morgan fingerprint density at radius 1 is 1.42 bits per heavy atom. The number of non-ortho nitro benzene ring substituents is 1. The Balaban J connectivity index is 3.13. The van der Waals surface area contributed by atoms with Gasteiger partial charge in [-0.05, 0) is 32.4 Å². The van der Waals surface area contributed by atoms with Crippen LogP contribution in [0, 0.1) is 17.0 Å². The van der Waals surface area contributed by atoms with Crippen LogP contribution in [0.1, 0.15) is 29.8 Å². The molecule has 1 aromatic rings. The lowest BCUT2D eigenvalue weighted by Crippen LogP contribution is -2.38. The fourth-order valence-corrected chi connectivity index (χ4v) is 2.02. The van der Waals surface area contributed by atoms with Gasteiger partial charge in [-0.25, -0.2) is 0 Å². The van der Waals surface area contributed by atoms with Crippen LogP contribution in [-0.4, -0.2) is 34.2 Å². The maximum Gasteiger partial charge on any atom is 0.270 e. The van der Waals surface area contributed by atoms with Gasteiger partial charge in [0.2, 0.25) is 0 Å². The Hall–Kier alpha value is -1.62. The Morgan fingerprint density at radius 3 is 2.53 bits per heavy atom. The average molecular weight is 285 g/mol. The third-order valence-corrected chi connectivity index (χ3v) is 2.90. The summed E-state index contributed by atoms with van der Waals surface area (Å²) in [7, 11) is 0. The van der Waals surface area contributed by atoms with Crippen molar-refractivity contribution in [2.24, 2.45) is 0 Å². The highest BCUT2D eigenvalue weighted by atomic mass is 35.5. The third kappa shape index (κ3) is 3.92. The summed E-state index contributed by atoms with van der Waals surface area (Å²) in [5.41, 5.74) is 0.940. The zero-order valence-corrected chi connectivity index (χ0v) is 12.0. The summed E-state index contributed by atoms with van der Waals surface area (Å²) >= 11 is 5.68. The number of nitro benzene ring substituents is 1. The largest absolute Gasteiger partial charge is 0.335 e. The highest BCUT2D eigenvalue weighted by Gasteiger charge is 2.20. The Kier molecular flexibility index (Phi) is 5.30. The standard InChI is InChI=1S/C13H17ClN2O3/c1-9(2)15(5-4-14)13(17)11-6-10(3)7-12(8-11)16(18)19/h6-9H,4-5H2,1-3H3. The van der Waals surface area contributed by atoms with E-state index < -0.39 is 4.92 Å². The SMILES string of the molecule is Cc1cc(C(=O)N(CCCl)C(C)C)cc([N+](=O)[O-])c1. The van der Waals surface area contributed by atoms with Crippen LogP contribution in [0.2, 0.25) is 0 Å². The molecule has 0 bridgehead atoms. The summed E-state index contributed by atoms with van der Waals surface area (Å²) in [4.78, 5) is 24.3. The summed E-state index contributed by atoms with van der Waals surface area (Å²) in [6, 6.07) is 4.39. The summed E-state index contributed by atoms with van der Waals surface area (Å²) in [6.45, 7) is 5.91. The van der Waals surface area contributed by atoms with Gasteiger partial charge in [-0.15, -0.1) is 11.6 Å². The number of aryl methyl sites for hydroxylation is 1. The highest BCUT2D eigenvalue weighted by molar-refractivity contribution is 6.18. The number of hydrogen-bond acceptors (Lipinski definition) is 3. The van der Waals surface area contributed by atoms with Crippen molar-refractivity contribution in [1.29, 1.82) is 0 Å². The van der Waals surface area contributed by atoms with Crippen molar-refractivity contribution in [1.82, 2.24) is 4.90 Å². The quantitative estimate of drug-likeness (QED) is 0.474. The number of nitrogens with zero attached hydrogens (tertiary/aromatic N) is 2. The molecule has 0 aliphatic heterocycles. The molecule has 0 aromatic heterocycles. The predicted molar refractivity (Wildman–Crippen MR) is 74.7 cm³/mol. The van der Waals surface area contributed by atoms with Gasteiger partial charge in [-0.1, -0.05) is 0 Å². The molecular weight excluding hydrogens is 268 g/mol. The summed E-state index contributed by atoms with van der Waals surface area (Å²) < 4.78 is 0. The first-order chi connectivity index (χ1) is 8.86. The second-order valence-corrected chi connectivity index (χ2v) is 4.97. The van der Waals surface area contributed by atoms with Crippen molar-refractivity contribution in [2.45, 2.75) is 26.8 Å². The number of alkyl halides is 1. The molecule has 0 saturated carbocycles. The molecule has 1 amide bonds. The van der Waals surface area contributed by atoms with Gasteiger partial charge in [0.25, 0.3) is 11.6 Å².